The van der Waals surface area contributed by atoms with Crippen LogP contribution >= 0.6 is 0 Å². The van der Waals surface area contributed by atoms with Gasteiger partial charge < -0.3 is 4.74 Å². The van der Waals surface area contributed by atoms with Crippen molar-refractivity contribution in [3.05, 3.63) is 29.5 Å². The van der Waals surface area contributed by atoms with Crippen LogP contribution in [0.4, 0.5) is 0 Å². The Morgan fingerprint density at radius 3 is 2.88 bits per heavy atom. The van der Waals surface area contributed by atoms with Crippen molar-refractivity contribution in [2.75, 3.05) is 7.11 Å². The molecule has 1 N–H and O–H groups in total. The van der Waals surface area contributed by atoms with Crippen LogP contribution in [0.2, 0.25) is 0 Å². The number of aromatic nitrogens is 1. The minimum absolute atomic E-state index is 0.109. The molecule has 1 fully saturated rings. The molecule has 0 atom stereocenters. The second kappa shape index (κ2) is 4.14. The largest absolute Gasteiger partial charge is 0.481 e. The SMILES string of the molecule is COc1cccc(/C=C2/CC(=O)NC2=O)n1. The fourth-order valence-electron chi connectivity index (χ4n) is 1.42. The fourth-order valence-corrected chi connectivity index (χ4v) is 1.42. The van der Waals surface area contributed by atoms with Crippen molar-refractivity contribution in [3.8, 4) is 5.88 Å². The monoisotopic (exact) mass is 218 g/mol. The summed E-state index contributed by atoms with van der Waals surface area (Å²) in [5.41, 5.74) is 1.02. The first-order chi connectivity index (χ1) is 7.69. The van der Waals surface area contributed by atoms with Crippen LogP contribution in [0.3, 0.4) is 0 Å². The Labute approximate surface area is 92.1 Å². The molecule has 1 aliphatic heterocycles. The van der Waals surface area contributed by atoms with E-state index in [4.69, 9.17) is 4.74 Å². The van der Waals surface area contributed by atoms with Gasteiger partial charge in [-0.2, -0.15) is 0 Å². The first kappa shape index (κ1) is 10.4. The van der Waals surface area contributed by atoms with Gasteiger partial charge in [0.2, 0.25) is 11.8 Å². The van der Waals surface area contributed by atoms with Crippen molar-refractivity contribution in [3.63, 3.8) is 0 Å². The number of carbonyl (C=O) groups is 2. The molecule has 0 bridgehead atoms. The number of rotatable bonds is 2. The van der Waals surface area contributed by atoms with Gasteiger partial charge in [-0.05, 0) is 12.1 Å². The molecule has 0 unspecified atom stereocenters. The molecule has 0 aromatic carbocycles. The Morgan fingerprint density at radius 1 is 1.44 bits per heavy atom. The summed E-state index contributed by atoms with van der Waals surface area (Å²) in [7, 11) is 1.52. The Kier molecular flexibility index (Phi) is 2.68. The number of imide groups is 1. The zero-order valence-electron chi connectivity index (χ0n) is 8.69. The van der Waals surface area contributed by atoms with Crippen LogP contribution in [0.25, 0.3) is 6.08 Å². The van der Waals surface area contributed by atoms with E-state index in [9.17, 15) is 9.59 Å². The van der Waals surface area contributed by atoms with Crippen LogP contribution in [-0.4, -0.2) is 23.9 Å². The van der Waals surface area contributed by atoms with Gasteiger partial charge in [0, 0.05) is 11.6 Å². The smallest absolute Gasteiger partial charge is 0.254 e. The van der Waals surface area contributed by atoms with Gasteiger partial charge in [-0.1, -0.05) is 6.07 Å². The van der Waals surface area contributed by atoms with Crippen molar-refractivity contribution in [2.45, 2.75) is 6.42 Å². The normalized spacial score (nSPS) is 17.7. The van der Waals surface area contributed by atoms with E-state index < -0.39 is 0 Å². The minimum Gasteiger partial charge on any atom is -0.481 e. The van der Waals surface area contributed by atoms with E-state index in [1.165, 1.54) is 7.11 Å². The van der Waals surface area contributed by atoms with E-state index in [0.717, 1.165) is 0 Å². The van der Waals surface area contributed by atoms with E-state index in [-0.39, 0.29) is 18.2 Å². The van der Waals surface area contributed by atoms with Crippen molar-refractivity contribution in [1.29, 1.82) is 0 Å². The van der Waals surface area contributed by atoms with Crippen LogP contribution in [-0.2, 0) is 9.59 Å². The lowest BCUT2D eigenvalue weighted by Crippen LogP contribution is -2.19. The highest BCUT2D eigenvalue weighted by Crippen LogP contribution is 2.15. The predicted octanol–water partition coefficient (Wildman–Crippen LogP) is 0.520. The van der Waals surface area contributed by atoms with Crippen LogP contribution in [0, 0.1) is 0 Å². The summed E-state index contributed by atoms with van der Waals surface area (Å²) in [5, 5.41) is 2.21. The summed E-state index contributed by atoms with van der Waals surface area (Å²) in [6.45, 7) is 0. The molecule has 0 radical (unpaired) electrons. The number of nitrogens with one attached hydrogen (secondary N) is 1. The van der Waals surface area contributed by atoms with Gasteiger partial charge >= 0.3 is 0 Å². The molecule has 2 rings (SSSR count). The molecule has 2 heterocycles. The number of amides is 2. The van der Waals surface area contributed by atoms with E-state index in [1.54, 1.807) is 24.3 Å². The third-order valence-electron chi connectivity index (χ3n) is 2.17. The number of pyridine rings is 1. The summed E-state index contributed by atoms with van der Waals surface area (Å²) in [5.74, 6) is -0.159. The summed E-state index contributed by atoms with van der Waals surface area (Å²) in [6, 6.07) is 5.22. The Balaban J connectivity index is 2.28. The van der Waals surface area contributed by atoms with Crippen molar-refractivity contribution in [2.24, 2.45) is 0 Å². The van der Waals surface area contributed by atoms with E-state index in [0.29, 0.717) is 17.1 Å². The zero-order chi connectivity index (χ0) is 11.5. The lowest BCUT2D eigenvalue weighted by Gasteiger charge is -1.99. The molecule has 0 spiro atoms. The highest BCUT2D eigenvalue weighted by Gasteiger charge is 2.23. The molecule has 1 aliphatic rings. The van der Waals surface area contributed by atoms with Gasteiger partial charge in [-0.25, -0.2) is 4.98 Å². The first-order valence-corrected chi connectivity index (χ1v) is 4.75. The summed E-state index contributed by atoms with van der Waals surface area (Å²) < 4.78 is 4.96. The molecular weight excluding hydrogens is 208 g/mol. The number of methoxy groups -OCH3 is 1. The quantitative estimate of drug-likeness (QED) is 0.580. The average molecular weight is 218 g/mol. The molecule has 0 aliphatic carbocycles. The van der Waals surface area contributed by atoms with Crippen LogP contribution in [0.5, 0.6) is 5.88 Å². The van der Waals surface area contributed by atoms with Gasteiger partial charge in [0.15, 0.2) is 0 Å². The van der Waals surface area contributed by atoms with Gasteiger partial charge in [-0.15, -0.1) is 0 Å². The van der Waals surface area contributed by atoms with Crippen molar-refractivity contribution < 1.29 is 14.3 Å². The number of ether oxygens (including phenoxy) is 1. The number of carbonyl (C=O) groups excluding carboxylic acids is 2. The fraction of sp³-hybridized carbons (Fsp3) is 0.182. The third kappa shape index (κ3) is 2.08. The number of hydrogen-bond donors (Lipinski definition) is 1. The molecule has 5 heteroatoms. The Morgan fingerprint density at radius 2 is 2.25 bits per heavy atom. The van der Waals surface area contributed by atoms with Crippen molar-refractivity contribution >= 4 is 17.9 Å². The van der Waals surface area contributed by atoms with E-state index in [1.807, 2.05) is 0 Å². The highest BCUT2D eigenvalue weighted by atomic mass is 16.5. The first-order valence-electron chi connectivity index (χ1n) is 4.75. The molecule has 82 valence electrons. The minimum atomic E-state index is -0.352. The molecule has 5 nitrogen and oxygen atoms in total. The van der Waals surface area contributed by atoms with Crippen LogP contribution < -0.4 is 10.1 Å². The summed E-state index contributed by atoms with van der Waals surface area (Å²) >= 11 is 0. The van der Waals surface area contributed by atoms with Gasteiger partial charge in [0.25, 0.3) is 5.91 Å². The highest BCUT2D eigenvalue weighted by molar-refractivity contribution is 6.15. The number of hydrogen-bond acceptors (Lipinski definition) is 4. The second-order valence-corrected chi connectivity index (χ2v) is 3.33. The molecule has 1 saturated heterocycles. The van der Waals surface area contributed by atoms with E-state index in [2.05, 4.69) is 10.3 Å². The average Bonchev–Trinajstić information content (AvgIpc) is 2.58. The maximum atomic E-state index is 11.3. The van der Waals surface area contributed by atoms with Crippen molar-refractivity contribution in [1.82, 2.24) is 10.3 Å². The molecule has 1 aromatic heterocycles. The van der Waals surface area contributed by atoms with Gasteiger partial charge in [-0.3, -0.25) is 14.9 Å². The predicted molar refractivity (Wildman–Crippen MR) is 56.5 cm³/mol. The third-order valence-corrected chi connectivity index (χ3v) is 2.17. The second-order valence-electron chi connectivity index (χ2n) is 3.33. The summed E-state index contributed by atoms with van der Waals surface area (Å²) in [4.78, 5) is 26.4. The maximum absolute atomic E-state index is 11.3. The number of nitrogens with zero attached hydrogens (tertiary/aromatic N) is 1. The molecule has 0 saturated carbocycles. The van der Waals surface area contributed by atoms with Gasteiger partial charge in [0.05, 0.1) is 19.2 Å². The zero-order valence-corrected chi connectivity index (χ0v) is 8.69. The maximum Gasteiger partial charge on any atom is 0.254 e. The lowest BCUT2D eigenvalue weighted by molar-refractivity contribution is -0.124. The van der Waals surface area contributed by atoms with Gasteiger partial charge in [0.1, 0.15) is 0 Å². The topological polar surface area (TPSA) is 68.3 Å². The summed E-state index contributed by atoms with van der Waals surface area (Å²) in [6.07, 6.45) is 1.69. The lowest BCUT2D eigenvalue weighted by atomic mass is 10.2. The Hall–Kier alpha value is -2.17. The Bertz CT molecular complexity index is 480. The molecular formula is C11H10N2O3. The molecule has 16 heavy (non-hydrogen) atoms. The van der Waals surface area contributed by atoms with E-state index >= 15 is 0 Å². The molecule has 1 aromatic rings. The molecule has 2 amide bonds. The van der Waals surface area contributed by atoms with Crippen LogP contribution in [0.1, 0.15) is 12.1 Å². The van der Waals surface area contributed by atoms with Crippen LogP contribution in [0.15, 0.2) is 23.8 Å². The standard InChI is InChI=1S/C11H10N2O3/c1-16-10-4-2-3-8(12-10)5-7-6-9(14)13-11(7)15/h2-5H,6H2,1H3,(H,13,14,15)/b7-5-.